The van der Waals surface area contributed by atoms with Crippen LogP contribution in [0.25, 0.3) is 0 Å². The Morgan fingerprint density at radius 3 is 2.53 bits per heavy atom. The van der Waals surface area contributed by atoms with E-state index in [2.05, 4.69) is 24.2 Å². The Bertz CT molecular complexity index is 451. The molecule has 1 aromatic rings. The van der Waals surface area contributed by atoms with E-state index in [1.165, 1.54) is 0 Å². The van der Waals surface area contributed by atoms with Crippen LogP contribution in [0.1, 0.15) is 22.8 Å². The monoisotopic (exact) mass is 261 g/mol. The first-order chi connectivity index (χ1) is 9.11. The minimum absolute atomic E-state index is 0.161. The van der Waals surface area contributed by atoms with Gasteiger partial charge in [0.15, 0.2) is 0 Å². The zero-order valence-corrected chi connectivity index (χ0v) is 12.1. The van der Waals surface area contributed by atoms with E-state index < -0.39 is 0 Å². The highest BCUT2D eigenvalue weighted by atomic mass is 16.2. The van der Waals surface area contributed by atoms with Crippen molar-refractivity contribution in [3.63, 3.8) is 0 Å². The van der Waals surface area contributed by atoms with Crippen molar-refractivity contribution >= 4 is 11.6 Å². The van der Waals surface area contributed by atoms with Gasteiger partial charge in [-0.3, -0.25) is 4.79 Å². The van der Waals surface area contributed by atoms with Gasteiger partial charge in [0.25, 0.3) is 5.91 Å². The second-order valence-corrected chi connectivity index (χ2v) is 5.16. The van der Waals surface area contributed by atoms with Gasteiger partial charge in [0.1, 0.15) is 0 Å². The van der Waals surface area contributed by atoms with Gasteiger partial charge < -0.3 is 15.1 Å². The summed E-state index contributed by atoms with van der Waals surface area (Å²) in [5.41, 5.74) is 2.95. The minimum Gasteiger partial charge on any atom is -0.385 e. The molecule has 1 aromatic carbocycles. The molecule has 0 bridgehead atoms. The van der Waals surface area contributed by atoms with Gasteiger partial charge in [-0.1, -0.05) is 0 Å². The van der Waals surface area contributed by atoms with Crippen LogP contribution in [0, 0.1) is 6.92 Å². The standard InChI is InChI=1S/C15H23N3O/c1-4-16-13-5-6-14(12(2)11-13)15(19)18-9-7-17(3)8-10-18/h5-6,11,16H,4,7-10H2,1-3H3. The fraction of sp³-hybridized carbons (Fsp3) is 0.533. The Hall–Kier alpha value is -1.55. The number of amides is 1. The molecule has 1 aliphatic heterocycles. The van der Waals surface area contributed by atoms with Crippen LogP contribution in [0.4, 0.5) is 5.69 Å². The number of carbonyl (C=O) groups is 1. The molecule has 0 aromatic heterocycles. The molecule has 1 amide bonds. The number of nitrogens with zero attached hydrogens (tertiary/aromatic N) is 2. The van der Waals surface area contributed by atoms with Crippen molar-refractivity contribution in [1.29, 1.82) is 0 Å². The van der Waals surface area contributed by atoms with Gasteiger partial charge in [0.05, 0.1) is 0 Å². The smallest absolute Gasteiger partial charge is 0.254 e. The third kappa shape index (κ3) is 3.26. The first kappa shape index (κ1) is 13.9. The summed E-state index contributed by atoms with van der Waals surface area (Å²) >= 11 is 0. The predicted octanol–water partition coefficient (Wildman–Crippen LogP) is 1.81. The maximum absolute atomic E-state index is 12.5. The van der Waals surface area contributed by atoms with E-state index >= 15 is 0 Å². The molecule has 0 radical (unpaired) electrons. The van der Waals surface area contributed by atoms with Crippen molar-refractivity contribution in [2.75, 3.05) is 45.1 Å². The average Bonchev–Trinajstić information content (AvgIpc) is 2.39. The Balaban J connectivity index is 2.10. The molecule has 1 aliphatic rings. The summed E-state index contributed by atoms with van der Waals surface area (Å²) in [6.45, 7) is 8.53. The molecule has 0 unspecified atom stereocenters. The van der Waals surface area contributed by atoms with Crippen LogP contribution in [0.15, 0.2) is 18.2 Å². The number of likely N-dealkylation sites (N-methyl/N-ethyl adjacent to an activating group) is 1. The number of hydrogen-bond acceptors (Lipinski definition) is 3. The van der Waals surface area contributed by atoms with E-state index in [-0.39, 0.29) is 5.91 Å². The Morgan fingerprint density at radius 2 is 1.95 bits per heavy atom. The van der Waals surface area contributed by atoms with Crippen LogP contribution in [-0.4, -0.2) is 55.5 Å². The molecule has 0 saturated carbocycles. The molecule has 0 atom stereocenters. The summed E-state index contributed by atoms with van der Waals surface area (Å²) in [4.78, 5) is 16.7. The predicted molar refractivity (Wildman–Crippen MR) is 78.7 cm³/mol. The summed E-state index contributed by atoms with van der Waals surface area (Å²) < 4.78 is 0. The lowest BCUT2D eigenvalue weighted by Gasteiger charge is -2.32. The van der Waals surface area contributed by atoms with Crippen LogP contribution in [0.2, 0.25) is 0 Å². The summed E-state index contributed by atoms with van der Waals surface area (Å²) in [7, 11) is 2.10. The third-order valence-electron chi connectivity index (χ3n) is 3.63. The SMILES string of the molecule is CCNc1ccc(C(=O)N2CCN(C)CC2)c(C)c1. The first-order valence-corrected chi connectivity index (χ1v) is 6.94. The molecule has 19 heavy (non-hydrogen) atoms. The van der Waals surface area contributed by atoms with Crippen LogP contribution >= 0.6 is 0 Å². The number of benzene rings is 1. The normalized spacial score (nSPS) is 16.5. The molecular weight excluding hydrogens is 238 g/mol. The third-order valence-corrected chi connectivity index (χ3v) is 3.63. The fourth-order valence-electron chi connectivity index (χ4n) is 2.40. The van der Waals surface area contributed by atoms with Crippen LogP contribution in [-0.2, 0) is 0 Å². The average molecular weight is 261 g/mol. The first-order valence-electron chi connectivity index (χ1n) is 6.94. The molecule has 4 nitrogen and oxygen atoms in total. The number of nitrogens with one attached hydrogen (secondary N) is 1. The molecular formula is C15H23N3O. The summed E-state index contributed by atoms with van der Waals surface area (Å²) in [5, 5.41) is 3.27. The van der Waals surface area contributed by atoms with Gasteiger partial charge in [-0.2, -0.15) is 0 Å². The number of aryl methyl sites for hydroxylation is 1. The van der Waals surface area contributed by atoms with E-state index in [1.807, 2.05) is 30.0 Å². The lowest BCUT2D eigenvalue weighted by molar-refractivity contribution is 0.0663. The zero-order valence-electron chi connectivity index (χ0n) is 12.1. The molecule has 1 fully saturated rings. The van der Waals surface area contributed by atoms with Crippen molar-refractivity contribution in [2.45, 2.75) is 13.8 Å². The number of rotatable bonds is 3. The second-order valence-electron chi connectivity index (χ2n) is 5.16. The van der Waals surface area contributed by atoms with Crippen molar-refractivity contribution in [1.82, 2.24) is 9.80 Å². The highest BCUT2D eigenvalue weighted by molar-refractivity contribution is 5.96. The number of anilines is 1. The van der Waals surface area contributed by atoms with E-state index in [9.17, 15) is 4.79 Å². The van der Waals surface area contributed by atoms with Crippen molar-refractivity contribution in [2.24, 2.45) is 0 Å². The maximum Gasteiger partial charge on any atom is 0.254 e. The number of hydrogen-bond donors (Lipinski definition) is 1. The molecule has 1 heterocycles. The minimum atomic E-state index is 0.161. The van der Waals surface area contributed by atoms with Gasteiger partial charge in [0, 0.05) is 44.0 Å². The van der Waals surface area contributed by atoms with E-state index in [4.69, 9.17) is 0 Å². The van der Waals surface area contributed by atoms with Crippen LogP contribution in [0.3, 0.4) is 0 Å². The summed E-state index contributed by atoms with van der Waals surface area (Å²) in [6.07, 6.45) is 0. The molecule has 4 heteroatoms. The van der Waals surface area contributed by atoms with E-state index in [1.54, 1.807) is 0 Å². The zero-order chi connectivity index (χ0) is 13.8. The molecule has 1 N–H and O–H groups in total. The summed E-state index contributed by atoms with van der Waals surface area (Å²) in [5.74, 6) is 0.161. The fourth-order valence-corrected chi connectivity index (χ4v) is 2.40. The van der Waals surface area contributed by atoms with E-state index in [0.717, 1.165) is 49.5 Å². The quantitative estimate of drug-likeness (QED) is 0.901. The van der Waals surface area contributed by atoms with Gasteiger partial charge in [-0.25, -0.2) is 0 Å². The lowest BCUT2D eigenvalue weighted by Crippen LogP contribution is -2.47. The lowest BCUT2D eigenvalue weighted by atomic mass is 10.1. The van der Waals surface area contributed by atoms with Crippen molar-refractivity contribution in [3.05, 3.63) is 29.3 Å². The molecule has 0 spiro atoms. The van der Waals surface area contributed by atoms with Gasteiger partial charge in [0.2, 0.25) is 0 Å². The van der Waals surface area contributed by atoms with E-state index in [0.29, 0.717) is 0 Å². The maximum atomic E-state index is 12.5. The topological polar surface area (TPSA) is 35.6 Å². The summed E-state index contributed by atoms with van der Waals surface area (Å²) in [6, 6.07) is 5.97. The van der Waals surface area contributed by atoms with Gasteiger partial charge in [-0.05, 0) is 44.7 Å². The number of piperazine rings is 1. The van der Waals surface area contributed by atoms with Crippen LogP contribution in [0.5, 0.6) is 0 Å². The number of carbonyl (C=O) groups excluding carboxylic acids is 1. The molecule has 2 rings (SSSR count). The Morgan fingerprint density at radius 1 is 1.26 bits per heavy atom. The van der Waals surface area contributed by atoms with Crippen molar-refractivity contribution in [3.8, 4) is 0 Å². The van der Waals surface area contributed by atoms with Crippen LogP contribution < -0.4 is 5.32 Å². The largest absolute Gasteiger partial charge is 0.385 e. The molecule has 0 aliphatic carbocycles. The Labute approximate surface area is 115 Å². The Kier molecular flexibility index (Phi) is 4.43. The molecule has 1 saturated heterocycles. The van der Waals surface area contributed by atoms with Gasteiger partial charge in [-0.15, -0.1) is 0 Å². The molecule has 104 valence electrons. The highest BCUT2D eigenvalue weighted by Gasteiger charge is 2.21. The van der Waals surface area contributed by atoms with Gasteiger partial charge >= 0.3 is 0 Å². The highest BCUT2D eigenvalue weighted by Crippen LogP contribution is 2.17. The van der Waals surface area contributed by atoms with Crippen molar-refractivity contribution < 1.29 is 4.79 Å². The second kappa shape index (κ2) is 6.06.